The smallest absolute Gasteiger partial charge is 0.297 e. The van der Waals surface area contributed by atoms with Crippen LogP contribution in [0, 0.1) is 0 Å². The number of hydrogen-bond acceptors (Lipinski definition) is 4. The third kappa shape index (κ3) is 3.08. The Bertz CT molecular complexity index is 462. The monoisotopic (exact) mass is 336 g/mol. The lowest BCUT2D eigenvalue weighted by atomic mass is 10.1. The molecule has 1 aromatic rings. The number of halogens is 2. The Morgan fingerprint density at radius 2 is 2.26 bits per heavy atom. The van der Waals surface area contributed by atoms with E-state index in [2.05, 4.69) is 0 Å². The molecule has 1 fully saturated rings. The summed E-state index contributed by atoms with van der Waals surface area (Å²) in [5.74, 6) is -0.642. The van der Waals surface area contributed by atoms with Crippen LogP contribution in [0.3, 0.4) is 0 Å². The molecule has 6 nitrogen and oxygen atoms in total. The molecule has 1 aliphatic heterocycles. The molecule has 8 heteroatoms. The van der Waals surface area contributed by atoms with E-state index in [1.807, 2.05) is 0 Å². The normalized spacial score (nSPS) is 29.8. The van der Waals surface area contributed by atoms with Gasteiger partial charge < -0.3 is 37.7 Å². The van der Waals surface area contributed by atoms with Crippen molar-refractivity contribution in [2.24, 2.45) is 5.73 Å². The van der Waals surface area contributed by atoms with Gasteiger partial charge in [-0.25, -0.2) is 4.39 Å². The highest BCUT2D eigenvalue weighted by molar-refractivity contribution is 5.92. The molecule has 1 aromatic heterocycles. The number of pyridine rings is 1. The molecule has 1 amide bonds. The first kappa shape index (κ1) is 16.0. The van der Waals surface area contributed by atoms with Gasteiger partial charge in [-0.05, 0) is 6.07 Å². The number of alkyl halides is 1. The van der Waals surface area contributed by atoms with Gasteiger partial charge >= 0.3 is 0 Å². The van der Waals surface area contributed by atoms with Gasteiger partial charge in [0.1, 0.15) is 17.8 Å². The zero-order chi connectivity index (χ0) is 13.3. The van der Waals surface area contributed by atoms with Crippen molar-refractivity contribution in [3.8, 4) is 0 Å². The minimum Gasteiger partial charge on any atom is -1.00 e. The van der Waals surface area contributed by atoms with Crippen molar-refractivity contribution in [1.82, 2.24) is 0 Å². The van der Waals surface area contributed by atoms with Crippen LogP contribution in [0.2, 0.25) is 0 Å². The molecule has 1 aliphatic rings. The Morgan fingerprint density at radius 3 is 2.79 bits per heavy atom. The second-order valence-corrected chi connectivity index (χ2v) is 4.09. The highest BCUT2D eigenvalue weighted by Crippen LogP contribution is 2.27. The summed E-state index contributed by atoms with van der Waals surface area (Å²) in [7, 11) is 0. The van der Waals surface area contributed by atoms with Crippen molar-refractivity contribution in [3.63, 3.8) is 0 Å². The predicted octanol–water partition coefficient (Wildman–Crippen LogP) is -4.33. The minimum absolute atomic E-state index is 0. The first-order valence-corrected chi connectivity index (χ1v) is 5.43. The lowest BCUT2D eigenvalue weighted by Crippen LogP contribution is -3.00. The van der Waals surface area contributed by atoms with E-state index in [-0.39, 0.29) is 22.5 Å². The number of primary amides is 1. The highest BCUT2D eigenvalue weighted by atomic mass is 79.9. The Balaban J connectivity index is 0.00000180. The fourth-order valence-electron chi connectivity index (χ4n) is 1.89. The number of aliphatic hydroxyl groups is 2. The molecule has 4 N–H and O–H groups in total. The van der Waals surface area contributed by atoms with Crippen molar-refractivity contribution < 1.29 is 45.7 Å². The Kier molecular flexibility index (Phi) is 5.36. The number of carbonyl (C=O) groups is 1. The van der Waals surface area contributed by atoms with Crippen LogP contribution in [-0.4, -0.2) is 41.1 Å². The number of aliphatic hydroxyl groups excluding tert-OH is 2. The fourth-order valence-corrected chi connectivity index (χ4v) is 1.89. The third-order valence-electron chi connectivity index (χ3n) is 2.87. The second kappa shape index (κ2) is 6.38. The highest BCUT2D eigenvalue weighted by Gasteiger charge is 2.49. The van der Waals surface area contributed by atoms with Crippen LogP contribution in [0.15, 0.2) is 24.5 Å². The molecular weight excluding hydrogens is 323 g/mol. The van der Waals surface area contributed by atoms with E-state index >= 15 is 0 Å². The van der Waals surface area contributed by atoms with E-state index in [1.165, 1.54) is 29.1 Å². The molecule has 2 heterocycles. The standard InChI is InChI=1S/C11H13FN2O4.BrH/c12-8-9(16)7(5-15)18-11(8)14-3-1-2-6(4-14)10(13)17;/h1-4,7-9,11,15-16H,5H2,(H-,13,17);1H/t7-,8+,9-,11-;/m1./s1. The summed E-state index contributed by atoms with van der Waals surface area (Å²) in [4.78, 5) is 11.0. The van der Waals surface area contributed by atoms with Gasteiger partial charge in [0.05, 0.1) is 6.61 Å². The SMILES string of the molecule is NC(=O)c1ccc[n+]([C@@H]2O[C@H](CO)[C@@H](O)[C@@H]2F)c1.[Br-]. The first-order valence-electron chi connectivity index (χ1n) is 5.43. The van der Waals surface area contributed by atoms with Crippen LogP contribution >= 0.6 is 0 Å². The number of hydrogen-bond donors (Lipinski definition) is 3. The molecule has 0 aromatic carbocycles. The van der Waals surface area contributed by atoms with Crippen molar-refractivity contribution in [2.75, 3.05) is 6.61 Å². The van der Waals surface area contributed by atoms with Crippen molar-refractivity contribution in [3.05, 3.63) is 30.1 Å². The molecule has 4 atom stereocenters. The average molecular weight is 337 g/mol. The molecule has 0 bridgehead atoms. The number of ether oxygens (including phenoxy) is 1. The quantitative estimate of drug-likeness (QED) is 0.486. The summed E-state index contributed by atoms with van der Waals surface area (Å²) >= 11 is 0. The summed E-state index contributed by atoms with van der Waals surface area (Å²) in [6, 6.07) is 3.01. The lowest BCUT2D eigenvalue weighted by Gasteiger charge is -2.08. The maximum absolute atomic E-state index is 13.8. The topological polar surface area (TPSA) is 96.7 Å². The number of nitrogens with zero attached hydrogens (tertiary/aromatic N) is 1. The van der Waals surface area contributed by atoms with Crippen LogP contribution in [0.5, 0.6) is 0 Å². The lowest BCUT2D eigenvalue weighted by molar-refractivity contribution is -0.764. The molecule has 0 radical (unpaired) electrons. The maximum Gasteiger partial charge on any atom is 0.297 e. The molecule has 0 spiro atoms. The molecule has 0 saturated carbocycles. The minimum atomic E-state index is -1.68. The summed E-state index contributed by atoms with van der Waals surface area (Å²) in [5.41, 5.74) is 5.32. The molecule has 2 rings (SSSR count). The Morgan fingerprint density at radius 1 is 1.58 bits per heavy atom. The van der Waals surface area contributed by atoms with E-state index in [0.29, 0.717) is 0 Å². The van der Waals surface area contributed by atoms with Crippen molar-refractivity contribution in [2.45, 2.75) is 24.6 Å². The van der Waals surface area contributed by atoms with Gasteiger partial charge in [-0.2, -0.15) is 4.57 Å². The van der Waals surface area contributed by atoms with Gasteiger partial charge in [-0.1, -0.05) is 0 Å². The van der Waals surface area contributed by atoms with Gasteiger partial charge in [0.15, 0.2) is 12.4 Å². The largest absolute Gasteiger partial charge is 1.00 e. The van der Waals surface area contributed by atoms with Crippen LogP contribution in [0.25, 0.3) is 0 Å². The molecule has 19 heavy (non-hydrogen) atoms. The zero-order valence-corrected chi connectivity index (χ0v) is 11.4. The predicted molar refractivity (Wildman–Crippen MR) is 57.1 cm³/mol. The number of carbonyl (C=O) groups excluding carboxylic acids is 1. The number of aromatic nitrogens is 1. The average Bonchev–Trinajstić information content (AvgIpc) is 2.66. The third-order valence-corrected chi connectivity index (χ3v) is 2.87. The van der Waals surface area contributed by atoms with Crippen molar-refractivity contribution in [1.29, 1.82) is 0 Å². The van der Waals surface area contributed by atoms with E-state index in [9.17, 15) is 14.3 Å². The zero-order valence-electron chi connectivity index (χ0n) is 9.82. The fraction of sp³-hybridized carbons (Fsp3) is 0.455. The van der Waals surface area contributed by atoms with Crippen LogP contribution in [-0.2, 0) is 4.74 Å². The molecular formula is C11H14BrFN2O4. The molecule has 0 aliphatic carbocycles. The molecule has 106 valence electrons. The van der Waals surface area contributed by atoms with Gasteiger partial charge in [0.2, 0.25) is 6.17 Å². The molecule has 1 saturated heterocycles. The maximum atomic E-state index is 13.8. The first-order chi connectivity index (χ1) is 8.54. The van der Waals surface area contributed by atoms with Gasteiger partial charge in [-0.15, -0.1) is 0 Å². The number of rotatable bonds is 3. The number of nitrogens with two attached hydrogens (primary N) is 1. The summed E-state index contributed by atoms with van der Waals surface area (Å²) in [6.45, 7) is -0.478. The van der Waals surface area contributed by atoms with E-state index in [1.54, 1.807) is 0 Å². The summed E-state index contributed by atoms with van der Waals surface area (Å²) in [5, 5.41) is 18.4. The Labute approximate surface area is 119 Å². The van der Waals surface area contributed by atoms with E-state index < -0.39 is 37.1 Å². The Hall–Kier alpha value is -1.09. The van der Waals surface area contributed by atoms with Gasteiger partial charge in [0.25, 0.3) is 12.1 Å². The van der Waals surface area contributed by atoms with Crippen LogP contribution < -0.4 is 27.3 Å². The number of amides is 1. The second-order valence-electron chi connectivity index (χ2n) is 4.09. The van der Waals surface area contributed by atoms with Crippen molar-refractivity contribution >= 4 is 5.91 Å². The summed E-state index contributed by atoms with van der Waals surface area (Å²) in [6.07, 6.45) is -2.31. The molecule has 0 unspecified atom stereocenters. The van der Waals surface area contributed by atoms with E-state index in [0.717, 1.165) is 0 Å². The summed E-state index contributed by atoms with van der Waals surface area (Å²) < 4.78 is 20.3. The van der Waals surface area contributed by atoms with E-state index in [4.69, 9.17) is 15.6 Å². The van der Waals surface area contributed by atoms with Crippen LogP contribution in [0.1, 0.15) is 16.6 Å². The van der Waals surface area contributed by atoms with Gasteiger partial charge in [-0.3, -0.25) is 4.79 Å². The van der Waals surface area contributed by atoms with Crippen LogP contribution in [0.4, 0.5) is 4.39 Å². The van der Waals surface area contributed by atoms with Gasteiger partial charge in [0, 0.05) is 6.07 Å².